The van der Waals surface area contributed by atoms with Crippen molar-refractivity contribution in [3.8, 4) is 5.75 Å². The summed E-state index contributed by atoms with van der Waals surface area (Å²) in [4.78, 5) is 18.8. The van der Waals surface area contributed by atoms with Gasteiger partial charge in [0.25, 0.3) is 5.91 Å². The van der Waals surface area contributed by atoms with E-state index >= 15 is 0 Å². The number of carbonyl (C=O) groups is 1. The molecule has 6 heteroatoms. The third-order valence-electron chi connectivity index (χ3n) is 4.77. The number of carbonyl (C=O) groups excluding carboxylic acids is 1. The fraction of sp³-hybridized carbons (Fsp3) is 0.444. The largest absolute Gasteiger partial charge is 0.486 e. The molecule has 24 heavy (non-hydrogen) atoms. The van der Waals surface area contributed by atoms with Crippen molar-refractivity contribution in [2.45, 2.75) is 38.0 Å². The number of aryl methyl sites for hydroxylation is 1. The Hall–Kier alpha value is -2.34. The van der Waals surface area contributed by atoms with Crippen LogP contribution >= 0.6 is 0 Å². The van der Waals surface area contributed by atoms with Crippen LogP contribution in [-0.4, -0.2) is 47.2 Å². The van der Waals surface area contributed by atoms with E-state index in [1.807, 2.05) is 30.0 Å². The quantitative estimate of drug-likeness (QED) is 0.866. The highest BCUT2D eigenvalue weighted by Crippen LogP contribution is 2.34. The van der Waals surface area contributed by atoms with Crippen LogP contribution in [0.15, 0.2) is 41.3 Å². The molecule has 2 aromatic heterocycles. The molecule has 2 fully saturated rings. The molecule has 2 aromatic rings. The Kier molecular flexibility index (Phi) is 3.98. The van der Waals surface area contributed by atoms with Crippen molar-refractivity contribution in [2.24, 2.45) is 0 Å². The van der Waals surface area contributed by atoms with Crippen molar-refractivity contribution >= 4 is 5.91 Å². The summed E-state index contributed by atoms with van der Waals surface area (Å²) in [6.45, 7) is 2.98. The zero-order valence-electron chi connectivity index (χ0n) is 13.6. The Labute approximate surface area is 140 Å². The molecule has 2 aliphatic rings. The van der Waals surface area contributed by atoms with E-state index in [-0.39, 0.29) is 24.2 Å². The molecule has 3 atom stereocenters. The maximum absolute atomic E-state index is 12.8. The van der Waals surface area contributed by atoms with E-state index in [4.69, 9.17) is 13.9 Å². The molecule has 6 nitrogen and oxygen atoms in total. The first kappa shape index (κ1) is 15.2. The fourth-order valence-corrected chi connectivity index (χ4v) is 3.61. The lowest BCUT2D eigenvalue weighted by atomic mass is 10.1. The number of morpholine rings is 1. The van der Waals surface area contributed by atoms with Crippen LogP contribution in [0.25, 0.3) is 0 Å². The Morgan fingerprint density at radius 1 is 1.38 bits per heavy atom. The molecular formula is C18H20N2O4. The number of ether oxygens (including phenoxy) is 2. The van der Waals surface area contributed by atoms with Gasteiger partial charge >= 0.3 is 0 Å². The molecule has 0 aromatic carbocycles. The predicted molar refractivity (Wildman–Crippen MR) is 85.9 cm³/mol. The average molecular weight is 328 g/mol. The molecule has 1 aliphatic heterocycles. The summed E-state index contributed by atoms with van der Waals surface area (Å²) < 4.78 is 17.4. The van der Waals surface area contributed by atoms with Crippen molar-refractivity contribution in [1.29, 1.82) is 0 Å². The van der Waals surface area contributed by atoms with Gasteiger partial charge in [-0.3, -0.25) is 9.78 Å². The van der Waals surface area contributed by atoms with Crippen molar-refractivity contribution in [3.63, 3.8) is 0 Å². The molecule has 0 unspecified atom stereocenters. The molecule has 0 bridgehead atoms. The standard InChI is InChI=1S/C18H20N2O4/c1-12-6-9-22-16(12)18(21)20-8-10-23-17-14(20)4-5-15(17)24-13-3-2-7-19-11-13/h2-3,6-7,9,11,14-15,17H,4-5,8,10H2,1H3/t14-,15+,17+/m0/s1. The lowest BCUT2D eigenvalue weighted by Gasteiger charge is -2.38. The minimum atomic E-state index is -0.113. The molecular weight excluding hydrogens is 308 g/mol. The summed E-state index contributed by atoms with van der Waals surface area (Å²) in [7, 11) is 0. The number of hydrogen-bond acceptors (Lipinski definition) is 5. The number of furan rings is 1. The first-order valence-electron chi connectivity index (χ1n) is 8.27. The fourth-order valence-electron chi connectivity index (χ4n) is 3.61. The summed E-state index contributed by atoms with van der Waals surface area (Å²) in [5, 5.41) is 0. The van der Waals surface area contributed by atoms with Crippen LogP contribution in [0, 0.1) is 6.92 Å². The second-order valence-electron chi connectivity index (χ2n) is 6.26. The molecule has 1 amide bonds. The van der Waals surface area contributed by atoms with Crippen molar-refractivity contribution in [2.75, 3.05) is 13.2 Å². The second kappa shape index (κ2) is 6.28. The minimum absolute atomic E-state index is 0.0254. The number of fused-ring (bicyclic) bond motifs is 1. The van der Waals surface area contributed by atoms with Gasteiger partial charge in [0.15, 0.2) is 5.76 Å². The summed E-state index contributed by atoms with van der Waals surface area (Å²) in [6.07, 6.45) is 6.51. The Balaban J connectivity index is 1.50. The molecule has 1 saturated carbocycles. The van der Waals surface area contributed by atoms with Gasteiger partial charge in [-0.05, 0) is 38.0 Å². The predicted octanol–water partition coefficient (Wildman–Crippen LogP) is 2.43. The van der Waals surface area contributed by atoms with Gasteiger partial charge in [-0.1, -0.05) is 0 Å². The molecule has 1 aliphatic carbocycles. The molecule has 4 rings (SSSR count). The van der Waals surface area contributed by atoms with Crippen LogP contribution in [0.1, 0.15) is 29.0 Å². The zero-order valence-corrected chi connectivity index (χ0v) is 13.6. The Bertz CT molecular complexity index is 715. The van der Waals surface area contributed by atoms with Gasteiger partial charge in [0.1, 0.15) is 18.0 Å². The highest BCUT2D eigenvalue weighted by molar-refractivity contribution is 5.93. The van der Waals surface area contributed by atoms with Crippen LogP contribution < -0.4 is 4.74 Å². The second-order valence-corrected chi connectivity index (χ2v) is 6.26. The summed E-state index contributed by atoms with van der Waals surface area (Å²) in [5.41, 5.74) is 0.865. The maximum atomic E-state index is 12.8. The summed E-state index contributed by atoms with van der Waals surface area (Å²) >= 11 is 0. The third kappa shape index (κ3) is 2.67. The first-order valence-corrected chi connectivity index (χ1v) is 8.27. The summed E-state index contributed by atoms with van der Waals surface area (Å²) in [6, 6.07) is 5.57. The van der Waals surface area contributed by atoms with E-state index in [0.29, 0.717) is 18.9 Å². The number of amides is 1. The van der Waals surface area contributed by atoms with E-state index in [2.05, 4.69) is 4.98 Å². The van der Waals surface area contributed by atoms with Gasteiger partial charge in [0.2, 0.25) is 0 Å². The average Bonchev–Trinajstić information content (AvgIpc) is 3.22. The van der Waals surface area contributed by atoms with Crippen LogP contribution in [0.3, 0.4) is 0 Å². The number of rotatable bonds is 3. The van der Waals surface area contributed by atoms with Crippen molar-refractivity contribution < 1.29 is 18.7 Å². The van der Waals surface area contributed by atoms with Crippen LogP contribution in [-0.2, 0) is 4.74 Å². The van der Waals surface area contributed by atoms with Gasteiger partial charge < -0.3 is 18.8 Å². The lowest BCUT2D eigenvalue weighted by Crippen LogP contribution is -2.54. The lowest BCUT2D eigenvalue weighted by molar-refractivity contribution is -0.0792. The van der Waals surface area contributed by atoms with Gasteiger partial charge in [-0.15, -0.1) is 0 Å². The van der Waals surface area contributed by atoms with Crippen LogP contribution in [0.4, 0.5) is 0 Å². The van der Waals surface area contributed by atoms with Crippen LogP contribution in [0.2, 0.25) is 0 Å². The van der Waals surface area contributed by atoms with Gasteiger partial charge in [-0.2, -0.15) is 0 Å². The molecule has 3 heterocycles. The number of hydrogen-bond donors (Lipinski definition) is 0. The van der Waals surface area contributed by atoms with E-state index in [1.54, 1.807) is 18.7 Å². The topological polar surface area (TPSA) is 64.8 Å². The number of aromatic nitrogens is 1. The molecule has 0 radical (unpaired) electrons. The summed E-state index contributed by atoms with van der Waals surface area (Å²) in [5.74, 6) is 1.10. The van der Waals surface area contributed by atoms with E-state index in [1.165, 1.54) is 0 Å². The van der Waals surface area contributed by atoms with E-state index < -0.39 is 0 Å². The SMILES string of the molecule is Cc1ccoc1C(=O)N1CCO[C@H]2[C@H](Oc3cccnc3)CC[C@@H]21. The van der Waals surface area contributed by atoms with E-state index in [9.17, 15) is 4.79 Å². The first-order chi connectivity index (χ1) is 11.7. The van der Waals surface area contributed by atoms with Gasteiger partial charge in [0, 0.05) is 18.3 Å². The zero-order chi connectivity index (χ0) is 16.5. The normalized spacial score (nSPS) is 26.2. The third-order valence-corrected chi connectivity index (χ3v) is 4.77. The Morgan fingerprint density at radius 3 is 3.04 bits per heavy atom. The molecule has 126 valence electrons. The van der Waals surface area contributed by atoms with E-state index in [0.717, 1.165) is 24.2 Å². The van der Waals surface area contributed by atoms with Crippen LogP contribution in [0.5, 0.6) is 5.75 Å². The highest BCUT2D eigenvalue weighted by atomic mass is 16.5. The Morgan fingerprint density at radius 2 is 2.29 bits per heavy atom. The highest BCUT2D eigenvalue weighted by Gasteiger charge is 2.46. The molecule has 0 N–H and O–H groups in total. The number of nitrogens with zero attached hydrogens (tertiary/aromatic N) is 2. The maximum Gasteiger partial charge on any atom is 0.290 e. The van der Waals surface area contributed by atoms with Gasteiger partial charge in [0.05, 0.1) is 25.1 Å². The van der Waals surface area contributed by atoms with Crippen molar-refractivity contribution in [3.05, 3.63) is 48.2 Å². The smallest absolute Gasteiger partial charge is 0.290 e. The molecule has 0 spiro atoms. The van der Waals surface area contributed by atoms with Gasteiger partial charge in [-0.25, -0.2) is 0 Å². The van der Waals surface area contributed by atoms with Crippen molar-refractivity contribution in [1.82, 2.24) is 9.88 Å². The minimum Gasteiger partial charge on any atom is -0.486 e. The monoisotopic (exact) mass is 328 g/mol. The molecule has 1 saturated heterocycles. The number of pyridine rings is 1.